The maximum Gasteiger partial charge on any atom is 0.253 e. The van der Waals surface area contributed by atoms with Crippen LogP contribution in [-0.2, 0) is 11.3 Å². The SMILES string of the molecule is CCC(=O)N(C)c1ccc(-c2ccc(C(=O)NCc3ccc(F)nc3C)cn2)cc1C. The average Bonchev–Trinajstić information content (AvgIpc) is 2.77. The number of carbonyl (C=O) groups excluding carboxylic acids is 2. The van der Waals surface area contributed by atoms with Gasteiger partial charge >= 0.3 is 0 Å². The molecule has 0 unspecified atom stereocenters. The second-order valence-electron chi connectivity index (χ2n) is 7.30. The van der Waals surface area contributed by atoms with Crippen LogP contribution in [0.3, 0.4) is 0 Å². The van der Waals surface area contributed by atoms with E-state index in [0.29, 0.717) is 17.7 Å². The minimum atomic E-state index is -0.542. The number of rotatable bonds is 6. The Morgan fingerprint density at radius 3 is 2.48 bits per heavy atom. The van der Waals surface area contributed by atoms with Crippen LogP contribution in [0.15, 0.2) is 48.7 Å². The maximum absolute atomic E-state index is 13.1. The fourth-order valence-electron chi connectivity index (χ4n) is 3.29. The minimum Gasteiger partial charge on any atom is -0.348 e. The van der Waals surface area contributed by atoms with Crippen molar-refractivity contribution in [3.8, 4) is 11.3 Å². The van der Waals surface area contributed by atoms with Gasteiger partial charge in [0.05, 0.1) is 11.3 Å². The molecule has 0 aliphatic heterocycles. The van der Waals surface area contributed by atoms with Gasteiger partial charge in [-0.25, -0.2) is 4.98 Å². The molecule has 3 aromatic rings. The molecule has 0 spiro atoms. The second kappa shape index (κ2) is 9.47. The number of anilines is 1. The molecular weight excluding hydrogens is 395 g/mol. The summed E-state index contributed by atoms with van der Waals surface area (Å²) in [4.78, 5) is 34.2. The lowest BCUT2D eigenvalue weighted by molar-refractivity contribution is -0.118. The van der Waals surface area contributed by atoms with Gasteiger partial charge < -0.3 is 10.2 Å². The van der Waals surface area contributed by atoms with E-state index in [1.165, 1.54) is 12.3 Å². The van der Waals surface area contributed by atoms with E-state index in [1.807, 2.05) is 32.0 Å². The van der Waals surface area contributed by atoms with Gasteiger partial charge in [0.2, 0.25) is 11.9 Å². The van der Waals surface area contributed by atoms with E-state index < -0.39 is 5.95 Å². The van der Waals surface area contributed by atoms with Crippen LogP contribution in [0.5, 0.6) is 0 Å². The molecule has 31 heavy (non-hydrogen) atoms. The van der Waals surface area contributed by atoms with Crippen molar-refractivity contribution in [1.29, 1.82) is 0 Å². The third-order valence-corrected chi connectivity index (χ3v) is 5.16. The molecule has 7 heteroatoms. The zero-order valence-corrected chi connectivity index (χ0v) is 18.1. The van der Waals surface area contributed by atoms with Gasteiger partial charge in [-0.05, 0) is 55.3 Å². The molecule has 0 radical (unpaired) electrons. The first-order chi connectivity index (χ1) is 14.8. The van der Waals surface area contributed by atoms with Crippen molar-refractivity contribution in [2.24, 2.45) is 0 Å². The first kappa shape index (κ1) is 22.1. The van der Waals surface area contributed by atoms with Crippen LogP contribution in [0.4, 0.5) is 10.1 Å². The van der Waals surface area contributed by atoms with E-state index >= 15 is 0 Å². The van der Waals surface area contributed by atoms with E-state index in [0.717, 1.165) is 28.1 Å². The number of nitrogens with one attached hydrogen (secondary N) is 1. The summed E-state index contributed by atoms with van der Waals surface area (Å²) in [7, 11) is 1.77. The lowest BCUT2D eigenvalue weighted by Gasteiger charge is -2.19. The van der Waals surface area contributed by atoms with Gasteiger partial charge in [-0.3, -0.25) is 14.6 Å². The fraction of sp³-hybridized carbons (Fsp3) is 0.250. The highest BCUT2D eigenvalue weighted by Gasteiger charge is 2.13. The molecule has 0 saturated heterocycles. The Labute approximate surface area is 181 Å². The van der Waals surface area contributed by atoms with Crippen molar-refractivity contribution in [2.45, 2.75) is 33.7 Å². The number of carbonyl (C=O) groups is 2. The molecule has 6 nitrogen and oxygen atoms in total. The zero-order valence-electron chi connectivity index (χ0n) is 18.1. The van der Waals surface area contributed by atoms with E-state index in [1.54, 1.807) is 37.1 Å². The van der Waals surface area contributed by atoms with Crippen LogP contribution in [0.1, 0.15) is 40.5 Å². The topological polar surface area (TPSA) is 75.2 Å². The summed E-state index contributed by atoms with van der Waals surface area (Å²) in [6, 6.07) is 12.2. The van der Waals surface area contributed by atoms with Crippen molar-refractivity contribution in [1.82, 2.24) is 15.3 Å². The summed E-state index contributed by atoms with van der Waals surface area (Å²) in [6.45, 7) is 5.74. The normalized spacial score (nSPS) is 10.6. The Balaban J connectivity index is 1.70. The van der Waals surface area contributed by atoms with E-state index in [2.05, 4.69) is 15.3 Å². The standard InChI is InChI=1S/C24H25FN4O2/c1-5-23(30)29(4)21-10-7-17(12-15(21)2)20-9-6-19(14-26-20)24(31)27-13-18-8-11-22(25)28-16(18)3/h6-12,14H,5,13H2,1-4H3,(H,27,31). The van der Waals surface area contributed by atoms with Gasteiger partial charge in [0.25, 0.3) is 5.91 Å². The molecular formula is C24H25FN4O2. The Kier molecular flexibility index (Phi) is 6.74. The third kappa shape index (κ3) is 5.12. The summed E-state index contributed by atoms with van der Waals surface area (Å²) in [6.07, 6.45) is 1.97. The van der Waals surface area contributed by atoms with E-state index in [4.69, 9.17) is 0 Å². The molecule has 1 N–H and O–H groups in total. The number of aryl methyl sites for hydroxylation is 2. The number of benzene rings is 1. The van der Waals surface area contributed by atoms with Gasteiger partial charge in [-0.1, -0.05) is 19.1 Å². The highest BCUT2D eigenvalue weighted by atomic mass is 19.1. The zero-order chi connectivity index (χ0) is 22.5. The monoisotopic (exact) mass is 420 g/mol. The van der Waals surface area contributed by atoms with Crippen LogP contribution in [0.2, 0.25) is 0 Å². The largest absolute Gasteiger partial charge is 0.348 e. The summed E-state index contributed by atoms with van der Waals surface area (Å²) in [5.74, 6) is -0.760. The molecule has 0 saturated carbocycles. The Morgan fingerprint density at radius 1 is 1.10 bits per heavy atom. The molecule has 2 heterocycles. The Morgan fingerprint density at radius 2 is 1.87 bits per heavy atom. The first-order valence-corrected chi connectivity index (χ1v) is 10.0. The van der Waals surface area contributed by atoms with Crippen LogP contribution in [0, 0.1) is 19.8 Å². The lowest BCUT2D eigenvalue weighted by Crippen LogP contribution is -2.25. The first-order valence-electron chi connectivity index (χ1n) is 10.0. The van der Waals surface area contributed by atoms with E-state index in [9.17, 15) is 14.0 Å². The number of nitrogens with zero attached hydrogens (tertiary/aromatic N) is 3. The highest BCUT2D eigenvalue weighted by Crippen LogP contribution is 2.26. The number of pyridine rings is 2. The smallest absolute Gasteiger partial charge is 0.253 e. The second-order valence-corrected chi connectivity index (χ2v) is 7.30. The van der Waals surface area contributed by atoms with Gasteiger partial charge in [0, 0.05) is 43.2 Å². The number of hydrogen-bond donors (Lipinski definition) is 1. The van der Waals surface area contributed by atoms with Gasteiger partial charge in [0.1, 0.15) is 0 Å². The highest BCUT2D eigenvalue weighted by molar-refractivity contribution is 5.94. The summed E-state index contributed by atoms with van der Waals surface area (Å²) in [5, 5.41) is 2.80. The molecule has 3 rings (SSSR count). The summed E-state index contributed by atoms with van der Waals surface area (Å²) < 4.78 is 13.1. The molecule has 0 fully saturated rings. The molecule has 0 atom stereocenters. The predicted octanol–water partition coefficient (Wildman–Crippen LogP) is 4.20. The molecule has 1 aromatic carbocycles. The maximum atomic E-state index is 13.1. The molecule has 160 valence electrons. The lowest BCUT2D eigenvalue weighted by atomic mass is 10.0. The van der Waals surface area contributed by atoms with E-state index in [-0.39, 0.29) is 18.4 Å². The van der Waals surface area contributed by atoms with Crippen molar-refractivity contribution in [2.75, 3.05) is 11.9 Å². The van der Waals surface area contributed by atoms with Gasteiger partial charge in [-0.15, -0.1) is 0 Å². The Bertz CT molecular complexity index is 1110. The Hall–Kier alpha value is -3.61. The fourth-order valence-corrected chi connectivity index (χ4v) is 3.29. The third-order valence-electron chi connectivity index (χ3n) is 5.16. The van der Waals surface area contributed by atoms with Crippen LogP contribution < -0.4 is 10.2 Å². The molecule has 0 bridgehead atoms. The molecule has 0 aliphatic carbocycles. The van der Waals surface area contributed by atoms with Gasteiger partial charge in [-0.2, -0.15) is 4.39 Å². The molecule has 0 aliphatic rings. The van der Waals surface area contributed by atoms with Crippen LogP contribution in [0.25, 0.3) is 11.3 Å². The van der Waals surface area contributed by atoms with Crippen molar-refractivity contribution < 1.29 is 14.0 Å². The summed E-state index contributed by atoms with van der Waals surface area (Å²) in [5.41, 5.74) is 5.18. The minimum absolute atomic E-state index is 0.0518. The van der Waals surface area contributed by atoms with Crippen molar-refractivity contribution in [3.63, 3.8) is 0 Å². The summed E-state index contributed by atoms with van der Waals surface area (Å²) >= 11 is 0. The van der Waals surface area contributed by atoms with Crippen LogP contribution in [-0.4, -0.2) is 28.8 Å². The van der Waals surface area contributed by atoms with Crippen LogP contribution >= 0.6 is 0 Å². The molecule has 2 amide bonds. The number of amides is 2. The predicted molar refractivity (Wildman–Crippen MR) is 118 cm³/mol. The number of halogens is 1. The van der Waals surface area contributed by atoms with Gasteiger partial charge in [0.15, 0.2) is 0 Å². The quantitative estimate of drug-likeness (QED) is 0.607. The average molecular weight is 420 g/mol. The molecule has 2 aromatic heterocycles. The number of aromatic nitrogens is 2. The van der Waals surface area contributed by atoms with Crippen molar-refractivity contribution >= 4 is 17.5 Å². The number of hydrogen-bond acceptors (Lipinski definition) is 4. The van der Waals surface area contributed by atoms with Crippen molar-refractivity contribution in [3.05, 3.63) is 77.0 Å².